The first-order valence-corrected chi connectivity index (χ1v) is 9.18. The maximum atomic E-state index is 12.6. The van der Waals surface area contributed by atoms with Crippen LogP contribution in [0.25, 0.3) is 16.9 Å². The van der Waals surface area contributed by atoms with E-state index in [0.29, 0.717) is 11.4 Å². The van der Waals surface area contributed by atoms with Gasteiger partial charge in [0, 0.05) is 9.13 Å². The van der Waals surface area contributed by atoms with Crippen LogP contribution in [0, 0.1) is 10.5 Å². The van der Waals surface area contributed by atoms with Gasteiger partial charge in [0.05, 0.1) is 19.9 Å². The van der Waals surface area contributed by atoms with Crippen LogP contribution < -0.4 is 0 Å². The molecule has 0 atom stereocenters. The van der Waals surface area contributed by atoms with Crippen molar-refractivity contribution in [2.45, 2.75) is 6.92 Å². The molecule has 1 heterocycles. The highest BCUT2D eigenvalue weighted by Crippen LogP contribution is 2.34. The van der Waals surface area contributed by atoms with E-state index in [9.17, 15) is 9.59 Å². The van der Waals surface area contributed by atoms with Gasteiger partial charge < -0.3 is 9.47 Å². The number of nitrogens with zero attached hydrogens (tertiary/aromatic N) is 2. The summed E-state index contributed by atoms with van der Waals surface area (Å²) in [4.78, 5) is 25.2. The van der Waals surface area contributed by atoms with E-state index in [1.54, 1.807) is 12.1 Å². The van der Waals surface area contributed by atoms with Crippen molar-refractivity contribution in [3.63, 3.8) is 0 Å². The Bertz CT molecular complexity index is 992. The maximum absolute atomic E-state index is 12.6. The third-order valence-corrected chi connectivity index (χ3v) is 5.01. The van der Waals surface area contributed by atoms with Gasteiger partial charge in [0.2, 0.25) is 0 Å². The van der Waals surface area contributed by atoms with Crippen LogP contribution in [-0.4, -0.2) is 35.9 Å². The number of carbonyl (C=O) groups is 2. The molecule has 3 rings (SSSR count). The second-order valence-corrected chi connectivity index (χ2v) is 6.90. The van der Waals surface area contributed by atoms with Crippen molar-refractivity contribution in [3.8, 4) is 16.9 Å². The van der Waals surface area contributed by atoms with Crippen molar-refractivity contribution in [3.05, 3.63) is 68.9 Å². The summed E-state index contributed by atoms with van der Waals surface area (Å²) in [5, 5.41) is 4.62. The Morgan fingerprint density at radius 1 is 0.963 bits per heavy atom. The first kappa shape index (κ1) is 19.1. The number of hydrogen-bond donors (Lipinski definition) is 0. The van der Waals surface area contributed by atoms with Gasteiger partial charge in [0.25, 0.3) is 0 Å². The number of methoxy groups -OCH3 is 2. The topological polar surface area (TPSA) is 70.4 Å². The number of ether oxygens (including phenoxy) is 2. The summed E-state index contributed by atoms with van der Waals surface area (Å²) in [7, 11) is 2.54. The molecule has 138 valence electrons. The summed E-state index contributed by atoms with van der Waals surface area (Å²) in [5.41, 5.74) is 2.84. The number of hydrogen-bond acceptors (Lipinski definition) is 5. The average molecular weight is 476 g/mol. The van der Waals surface area contributed by atoms with Crippen LogP contribution in [-0.2, 0) is 9.47 Å². The maximum Gasteiger partial charge on any atom is 0.357 e. The van der Waals surface area contributed by atoms with Crippen LogP contribution in [0.1, 0.15) is 26.4 Å². The fraction of sp³-hybridized carbons (Fsp3) is 0.150. The molecule has 0 spiro atoms. The molecule has 0 bridgehead atoms. The first-order chi connectivity index (χ1) is 13.0. The molecule has 0 radical (unpaired) electrons. The fourth-order valence-corrected chi connectivity index (χ4v) is 3.75. The zero-order chi connectivity index (χ0) is 19.6. The number of aryl methyl sites for hydroxylation is 1. The van der Waals surface area contributed by atoms with Gasteiger partial charge >= 0.3 is 11.9 Å². The zero-order valence-corrected chi connectivity index (χ0v) is 17.2. The van der Waals surface area contributed by atoms with Crippen LogP contribution in [0.3, 0.4) is 0 Å². The zero-order valence-electron chi connectivity index (χ0n) is 15.0. The molecule has 0 aliphatic rings. The predicted molar refractivity (Wildman–Crippen MR) is 109 cm³/mol. The van der Waals surface area contributed by atoms with E-state index in [4.69, 9.17) is 9.47 Å². The van der Waals surface area contributed by atoms with Gasteiger partial charge in [-0.1, -0.05) is 30.3 Å². The molecule has 7 heteroatoms. The summed E-state index contributed by atoms with van der Waals surface area (Å²) >= 11 is 2.19. The van der Waals surface area contributed by atoms with E-state index in [2.05, 4.69) is 27.7 Å². The summed E-state index contributed by atoms with van der Waals surface area (Å²) in [6.45, 7) is 1.93. The van der Waals surface area contributed by atoms with Crippen LogP contribution in [0.4, 0.5) is 0 Å². The summed E-state index contributed by atoms with van der Waals surface area (Å²) in [5.74, 6) is -1.31. The fourth-order valence-electron chi connectivity index (χ4n) is 2.86. The molecule has 2 aromatic carbocycles. The number of para-hydroxylation sites is 1. The number of rotatable bonds is 4. The number of benzene rings is 2. The van der Waals surface area contributed by atoms with Crippen molar-refractivity contribution in [2.75, 3.05) is 14.2 Å². The lowest BCUT2D eigenvalue weighted by Crippen LogP contribution is -2.15. The van der Waals surface area contributed by atoms with Crippen molar-refractivity contribution in [1.29, 1.82) is 0 Å². The smallest absolute Gasteiger partial charge is 0.357 e. The van der Waals surface area contributed by atoms with E-state index < -0.39 is 11.9 Å². The highest BCUT2D eigenvalue weighted by atomic mass is 127. The lowest BCUT2D eigenvalue weighted by molar-refractivity contribution is 0.0549. The minimum Gasteiger partial charge on any atom is -0.465 e. The van der Waals surface area contributed by atoms with E-state index in [1.165, 1.54) is 18.9 Å². The van der Waals surface area contributed by atoms with E-state index >= 15 is 0 Å². The minimum atomic E-state index is -0.665. The third kappa shape index (κ3) is 3.46. The van der Waals surface area contributed by atoms with Crippen LogP contribution in [0.2, 0.25) is 0 Å². The largest absolute Gasteiger partial charge is 0.465 e. The summed E-state index contributed by atoms with van der Waals surface area (Å²) < 4.78 is 12.2. The molecule has 6 nitrogen and oxygen atoms in total. The van der Waals surface area contributed by atoms with Gasteiger partial charge in [0.15, 0.2) is 5.69 Å². The van der Waals surface area contributed by atoms with Crippen molar-refractivity contribution < 1.29 is 19.1 Å². The van der Waals surface area contributed by atoms with Gasteiger partial charge in [0.1, 0.15) is 11.3 Å². The average Bonchev–Trinajstić information content (AvgIpc) is 3.07. The van der Waals surface area contributed by atoms with Crippen molar-refractivity contribution in [2.24, 2.45) is 0 Å². The molecule has 0 saturated heterocycles. The second-order valence-electron chi connectivity index (χ2n) is 5.73. The molecule has 0 N–H and O–H groups in total. The lowest BCUT2D eigenvalue weighted by Gasteiger charge is -2.08. The summed E-state index contributed by atoms with van der Waals surface area (Å²) in [6, 6.07) is 14.9. The molecule has 0 saturated carbocycles. The number of aromatic nitrogens is 2. The van der Waals surface area contributed by atoms with Gasteiger partial charge in [-0.05, 0) is 53.3 Å². The Labute approximate surface area is 170 Å². The Morgan fingerprint density at radius 3 is 2.22 bits per heavy atom. The normalized spacial score (nSPS) is 10.5. The molecule has 0 aliphatic heterocycles. The molecule has 1 aromatic heterocycles. The molecular formula is C20H17IN2O4. The number of esters is 2. The van der Waals surface area contributed by atoms with Crippen LogP contribution in [0.15, 0.2) is 48.5 Å². The SMILES string of the molecule is COC(=O)c1c(-c2c(C)cccc2I)nn(-c2ccccc2)c1C(=O)OC. The lowest BCUT2D eigenvalue weighted by atomic mass is 10.0. The second kappa shape index (κ2) is 7.91. The quantitative estimate of drug-likeness (QED) is 0.420. The van der Waals surface area contributed by atoms with E-state index in [0.717, 1.165) is 14.7 Å². The number of halogens is 1. The van der Waals surface area contributed by atoms with Crippen LogP contribution in [0.5, 0.6) is 0 Å². The minimum absolute atomic E-state index is 0.0320. The van der Waals surface area contributed by atoms with E-state index in [-0.39, 0.29) is 11.3 Å². The Kier molecular flexibility index (Phi) is 5.59. The highest BCUT2D eigenvalue weighted by molar-refractivity contribution is 14.1. The van der Waals surface area contributed by atoms with Crippen molar-refractivity contribution in [1.82, 2.24) is 9.78 Å². The Morgan fingerprint density at radius 2 is 1.63 bits per heavy atom. The van der Waals surface area contributed by atoms with Gasteiger partial charge in [-0.3, -0.25) is 0 Å². The molecule has 3 aromatic rings. The molecule has 0 fully saturated rings. The Balaban J connectivity index is 2.42. The Hall–Kier alpha value is -2.68. The van der Waals surface area contributed by atoms with E-state index in [1.807, 2.05) is 43.3 Å². The van der Waals surface area contributed by atoms with Crippen LogP contribution >= 0.6 is 22.6 Å². The number of carbonyl (C=O) groups excluding carboxylic acids is 2. The molecule has 0 aliphatic carbocycles. The van der Waals surface area contributed by atoms with Gasteiger partial charge in [-0.2, -0.15) is 5.10 Å². The molecule has 0 amide bonds. The highest BCUT2D eigenvalue weighted by Gasteiger charge is 2.32. The van der Waals surface area contributed by atoms with Crippen molar-refractivity contribution >= 4 is 34.5 Å². The third-order valence-electron chi connectivity index (χ3n) is 4.11. The van der Waals surface area contributed by atoms with Gasteiger partial charge in [-0.25, -0.2) is 14.3 Å². The monoisotopic (exact) mass is 476 g/mol. The molecule has 0 unspecified atom stereocenters. The summed E-state index contributed by atoms with van der Waals surface area (Å²) in [6.07, 6.45) is 0. The molecule has 27 heavy (non-hydrogen) atoms. The molecular weight excluding hydrogens is 459 g/mol. The first-order valence-electron chi connectivity index (χ1n) is 8.10. The standard InChI is InChI=1S/C20H17IN2O4/c1-12-8-7-11-14(21)15(12)17-16(19(24)26-2)18(20(25)27-3)23(22-17)13-9-5-4-6-10-13/h4-11H,1-3H3. The predicted octanol–water partition coefficient (Wildman–Crippen LogP) is 4.03. The van der Waals surface area contributed by atoms with Gasteiger partial charge in [-0.15, -0.1) is 0 Å².